The number of rotatable bonds is 0. The molecule has 2 aliphatic heterocycles. The Hall–Kier alpha value is -0.730. The molecular weight excluding hydrogens is 195 g/mol. The van der Waals surface area contributed by atoms with E-state index in [9.17, 15) is 0 Å². The van der Waals surface area contributed by atoms with Crippen LogP contribution in [-0.4, -0.2) is 17.7 Å². The molecule has 0 bridgehead atoms. The van der Waals surface area contributed by atoms with Crippen molar-refractivity contribution < 1.29 is 0 Å². The Morgan fingerprint density at radius 1 is 1.25 bits per heavy atom. The zero-order valence-electron chi connectivity index (χ0n) is 6.38. The molecule has 0 atom stereocenters. The van der Waals surface area contributed by atoms with Crippen molar-refractivity contribution in [3.63, 3.8) is 0 Å². The molecular formula is C8H10Cl2N2. The molecule has 0 spiro atoms. The number of fused-ring (bicyclic) bond motifs is 1. The number of hydrogen-bond donors (Lipinski definition) is 0. The molecule has 12 heavy (non-hydrogen) atoms. The van der Waals surface area contributed by atoms with Gasteiger partial charge in [-0.3, -0.25) is 4.99 Å². The topological polar surface area (TPSA) is 15.6 Å². The molecule has 4 heteroatoms. The van der Waals surface area contributed by atoms with Gasteiger partial charge in [-0.1, -0.05) is 6.08 Å². The molecule has 0 radical (unpaired) electrons. The van der Waals surface area contributed by atoms with Crippen LogP contribution >= 0.6 is 24.8 Å². The fraction of sp³-hybridized carbons (Fsp3) is 0.125. The lowest BCUT2D eigenvalue weighted by Gasteiger charge is -2.22. The van der Waals surface area contributed by atoms with Crippen LogP contribution in [0.2, 0.25) is 0 Å². The van der Waals surface area contributed by atoms with Crippen LogP contribution in [-0.2, 0) is 0 Å². The normalized spacial score (nSPS) is 17.3. The number of hydrogen-bond acceptors (Lipinski definition) is 2. The molecule has 0 aromatic rings. The van der Waals surface area contributed by atoms with Gasteiger partial charge in [0.1, 0.15) is 0 Å². The summed E-state index contributed by atoms with van der Waals surface area (Å²) >= 11 is 0. The highest BCUT2D eigenvalue weighted by Crippen LogP contribution is 2.13. The molecule has 0 fully saturated rings. The van der Waals surface area contributed by atoms with E-state index in [1.54, 1.807) is 0 Å². The highest BCUT2D eigenvalue weighted by atomic mass is 35.5. The Morgan fingerprint density at radius 2 is 2.08 bits per heavy atom. The van der Waals surface area contributed by atoms with Crippen LogP contribution in [0, 0.1) is 0 Å². The summed E-state index contributed by atoms with van der Waals surface area (Å²) in [5.41, 5.74) is 1.17. The Balaban J connectivity index is 0.000000605. The van der Waals surface area contributed by atoms with E-state index in [1.165, 1.54) is 5.70 Å². The first-order valence-corrected chi connectivity index (χ1v) is 3.30. The SMILES string of the molecule is C1=CC2=CN=CCN2C=C1.Cl.Cl. The van der Waals surface area contributed by atoms with Gasteiger partial charge >= 0.3 is 0 Å². The first-order chi connectivity index (χ1) is 4.97. The second-order valence-electron chi connectivity index (χ2n) is 2.24. The van der Waals surface area contributed by atoms with Crippen LogP contribution in [0.15, 0.2) is 41.3 Å². The maximum absolute atomic E-state index is 4.05. The maximum atomic E-state index is 4.05. The first-order valence-electron chi connectivity index (χ1n) is 3.30. The van der Waals surface area contributed by atoms with Gasteiger partial charge in [-0.2, -0.15) is 0 Å². The summed E-state index contributed by atoms with van der Waals surface area (Å²) in [6, 6.07) is 0. The predicted octanol–water partition coefficient (Wildman–Crippen LogP) is 2.14. The van der Waals surface area contributed by atoms with E-state index in [0.717, 1.165) is 6.54 Å². The van der Waals surface area contributed by atoms with Crippen molar-refractivity contribution in [1.82, 2.24) is 4.90 Å². The third kappa shape index (κ3) is 2.13. The minimum Gasteiger partial charge on any atom is -0.341 e. The van der Waals surface area contributed by atoms with Gasteiger partial charge in [0.2, 0.25) is 0 Å². The standard InChI is InChI=1S/C8H8N2.2ClH/c1-2-5-10-6-4-9-7-8(10)3-1;;/h1-5,7H,6H2;2*1H. The summed E-state index contributed by atoms with van der Waals surface area (Å²) in [6.45, 7) is 0.896. The van der Waals surface area contributed by atoms with E-state index in [0.29, 0.717) is 0 Å². The minimum atomic E-state index is 0. The third-order valence-electron chi connectivity index (χ3n) is 1.57. The van der Waals surface area contributed by atoms with Gasteiger partial charge in [0, 0.05) is 12.4 Å². The zero-order chi connectivity index (χ0) is 6.81. The summed E-state index contributed by atoms with van der Waals surface area (Å²) in [5, 5.41) is 0. The summed E-state index contributed by atoms with van der Waals surface area (Å²) in [7, 11) is 0. The van der Waals surface area contributed by atoms with Crippen molar-refractivity contribution in [1.29, 1.82) is 0 Å². The lowest BCUT2D eigenvalue weighted by molar-refractivity contribution is 0.540. The fourth-order valence-electron chi connectivity index (χ4n) is 1.04. The molecule has 2 aliphatic rings. The largest absolute Gasteiger partial charge is 0.341 e. The monoisotopic (exact) mass is 204 g/mol. The lowest BCUT2D eigenvalue weighted by Crippen LogP contribution is -2.21. The molecule has 0 N–H and O–H groups in total. The second-order valence-corrected chi connectivity index (χ2v) is 2.24. The van der Waals surface area contributed by atoms with Gasteiger partial charge in [-0.15, -0.1) is 24.8 Å². The molecule has 0 amide bonds. The quantitative estimate of drug-likeness (QED) is 0.591. The Kier molecular flexibility index (Phi) is 4.71. The molecule has 0 saturated carbocycles. The Morgan fingerprint density at radius 3 is 2.83 bits per heavy atom. The second kappa shape index (κ2) is 5.01. The highest BCUT2D eigenvalue weighted by Gasteiger charge is 2.06. The molecule has 2 nitrogen and oxygen atoms in total. The summed E-state index contributed by atoms with van der Waals surface area (Å²) in [5.74, 6) is 0. The number of halogens is 2. The highest BCUT2D eigenvalue weighted by molar-refractivity contribution is 5.85. The van der Waals surface area contributed by atoms with Crippen molar-refractivity contribution in [3.05, 3.63) is 36.3 Å². The molecule has 0 unspecified atom stereocenters. The van der Waals surface area contributed by atoms with Gasteiger partial charge in [-0.25, -0.2) is 0 Å². The predicted molar refractivity (Wildman–Crippen MR) is 56.1 cm³/mol. The first kappa shape index (κ1) is 11.3. The zero-order valence-corrected chi connectivity index (χ0v) is 8.02. The van der Waals surface area contributed by atoms with Crippen LogP contribution < -0.4 is 0 Å². The molecule has 2 rings (SSSR count). The van der Waals surface area contributed by atoms with Crippen molar-refractivity contribution in [2.24, 2.45) is 4.99 Å². The number of allylic oxidation sites excluding steroid dienone is 3. The van der Waals surface area contributed by atoms with Crippen LogP contribution in [0.5, 0.6) is 0 Å². The molecule has 0 saturated heterocycles. The molecule has 0 aromatic carbocycles. The van der Waals surface area contributed by atoms with Crippen LogP contribution in [0.1, 0.15) is 0 Å². The molecule has 0 aromatic heterocycles. The van der Waals surface area contributed by atoms with Crippen LogP contribution in [0.4, 0.5) is 0 Å². The van der Waals surface area contributed by atoms with E-state index in [1.807, 2.05) is 24.6 Å². The number of aliphatic imine (C=N–C) groups is 1. The summed E-state index contributed by atoms with van der Waals surface area (Å²) in [6.07, 6.45) is 11.9. The summed E-state index contributed by atoms with van der Waals surface area (Å²) < 4.78 is 0. The van der Waals surface area contributed by atoms with Crippen molar-refractivity contribution in [2.75, 3.05) is 6.54 Å². The van der Waals surface area contributed by atoms with E-state index in [4.69, 9.17) is 0 Å². The van der Waals surface area contributed by atoms with Crippen molar-refractivity contribution in [3.8, 4) is 0 Å². The Bertz CT molecular complexity index is 254. The average molecular weight is 205 g/mol. The average Bonchev–Trinajstić information content (AvgIpc) is 2.05. The van der Waals surface area contributed by atoms with Gasteiger partial charge in [0.15, 0.2) is 0 Å². The van der Waals surface area contributed by atoms with E-state index >= 15 is 0 Å². The molecule has 66 valence electrons. The third-order valence-corrected chi connectivity index (χ3v) is 1.57. The van der Waals surface area contributed by atoms with Gasteiger partial charge in [-0.05, 0) is 12.2 Å². The molecule has 2 heterocycles. The van der Waals surface area contributed by atoms with Gasteiger partial charge in [0.25, 0.3) is 0 Å². The van der Waals surface area contributed by atoms with Crippen molar-refractivity contribution in [2.45, 2.75) is 0 Å². The number of nitrogens with zero attached hydrogens (tertiary/aromatic N) is 2. The van der Waals surface area contributed by atoms with Gasteiger partial charge < -0.3 is 4.90 Å². The van der Waals surface area contributed by atoms with E-state index in [-0.39, 0.29) is 24.8 Å². The maximum Gasteiger partial charge on any atom is 0.0595 e. The van der Waals surface area contributed by atoms with Crippen LogP contribution in [0.25, 0.3) is 0 Å². The van der Waals surface area contributed by atoms with Gasteiger partial charge in [0.05, 0.1) is 18.4 Å². The van der Waals surface area contributed by atoms with Crippen LogP contribution in [0.3, 0.4) is 0 Å². The summed E-state index contributed by atoms with van der Waals surface area (Å²) in [4.78, 5) is 6.19. The fourth-order valence-corrected chi connectivity index (χ4v) is 1.04. The van der Waals surface area contributed by atoms with Crippen molar-refractivity contribution >= 4 is 31.0 Å². The Labute approximate surface area is 84.2 Å². The minimum absolute atomic E-state index is 0. The smallest absolute Gasteiger partial charge is 0.0595 e. The molecule has 0 aliphatic carbocycles. The van der Waals surface area contributed by atoms with E-state index in [2.05, 4.69) is 22.2 Å². The van der Waals surface area contributed by atoms with E-state index < -0.39 is 0 Å². The lowest BCUT2D eigenvalue weighted by atomic mass is 10.2.